The summed E-state index contributed by atoms with van der Waals surface area (Å²) in [5.41, 5.74) is 1.25. The van der Waals surface area contributed by atoms with Crippen LogP contribution in [0.2, 0.25) is 0 Å². The number of phenolic OH excluding ortho intramolecular Hbond substituents is 1. The van der Waals surface area contributed by atoms with E-state index in [2.05, 4.69) is 4.98 Å². The number of nitro benzene ring substituents is 1. The number of aromatic nitrogens is 1. The number of aromatic hydroxyl groups is 1. The topological polar surface area (TPSA) is 100 Å². The van der Waals surface area contributed by atoms with Gasteiger partial charge in [0.05, 0.1) is 16.2 Å². The molecule has 106 valence electrons. The van der Waals surface area contributed by atoms with E-state index in [1.54, 1.807) is 0 Å². The Morgan fingerprint density at radius 3 is 2.76 bits per heavy atom. The van der Waals surface area contributed by atoms with Crippen molar-refractivity contribution < 1.29 is 10.0 Å². The van der Waals surface area contributed by atoms with Crippen LogP contribution in [0.25, 0.3) is 11.6 Å². The average molecular weight is 301 g/mol. The van der Waals surface area contributed by atoms with Gasteiger partial charge in [-0.05, 0) is 31.6 Å². The Hall–Kier alpha value is -2.72. The number of nitro groups is 1. The van der Waals surface area contributed by atoms with Crippen molar-refractivity contribution in [3.8, 4) is 11.8 Å². The number of nitrogens with zero attached hydrogens (tertiary/aromatic N) is 3. The molecule has 0 saturated heterocycles. The molecule has 0 amide bonds. The van der Waals surface area contributed by atoms with Crippen LogP contribution in [-0.4, -0.2) is 15.0 Å². The summed E-state index contributed by atoms with van der Waals surface area (Å²) >= 11 is 1.39. The van der Waals surface area contributed by atoms with Crippen LogP contribution in [0, 0.1) is 35.3 Å². The number of hydrogen-bond donors (Lipinski definition) is 1. The number of phenols is 1. The quantitative estimate of drug-likeness (QED) is 0.531. The Labute approximate surface area is 124 Å². The zero-order valence-corrected chi connectivity index (χ0v) is 12.1. The minimum atomic E-state index is -0.670. The summed E-state index contributed by atoms with van der Waals surface area (Å²) in [7, 11) is 0. The lowest BCUT2D eigenvalue weighted by atomic mass is 10.1. The van der Waals surface area contributed by atoms with Crippen LogP contribution >= 0.6 is 11.3 Å². The van der Waals surface area contributed by atoms with E-state index in [9.17, 15) is 20.5 Å². The second-order valence-corrected chi connectivity index (χ2v) is 5.54. The number of nitriles is 1. The molecule has 6 nitrogen and oxygen atoms in total. The zero-order chi connectivity index (χ0) is 15.6. The van der Waals surface area contributed by atoms with Crippen LogP contribution in [0.5, 0.6) is 5.75 Å². The third kappa shape index (κ3) is 3.07. The molecule has 0 fully saturated rings. The van der Waals surface area contributed by atoms with Crippen LogP contribution in [0.1, 0.15) is 21.1 Å². The summed E-state index contributed by atoms with van der Waals surface area (Å²) < 4.78 is 0. The molecule has 0 radical (unpaired) electrons. The van der Waals surface area contributed by atoms with Crippen molar-refractivity contribution in [2.75, 3.05) is 0 Å². The van der Waals surface area contributed by atoms with Crippen LogP contribution in [0.3, 0.4) is 0 Å². The highest BCUT2D eigenvalue weighted by molar-refractivity contribution is 7.12. The molecule has 1 heterocycles. The molecule has 1 aromatic heterocycles. The van der Waals surface area contributed by atoms with E-state index in [0.717, 1.165) is 10.6 Å². The van der Waals surface area contributed by atoms with E-state index in [1.807, 2.05) is 19.9 Å². The van der Waals surface area contributed by atoms with Crippen LogP contribution in [-0.2, 0) is 0 Å². The van der Waals surface area contributed by atoms with Gasteiger partial charge in [-0.3, -0.25) is 10.1 Å². The number of allylic oxidation sites excluding steroid dienone is 1. The van der Waals surface area contributed by atoms with Crippen LogP contribution < -0.4 is 0 Å². The minimum absolute atomic E-state index is 0.330. The van der Waals surface area contributed by atoms with Crippen molar-refractivity contribution in [2.45, 2.75) is 13.8 Å². The van der Waals surface area contributed by atoms with Crippen molar-refractivity contribution in [3.63, 3.8) is 0 Å². The fourth-order valence-corrected chi connectivity index (χ4v) is 2.55. The molecule has 1 N–H and O–H groups in total. The van der Waals surface area contributed by atoms with Gasteiger partial charge in [-0.25, -0.2) is 4.98 Å². The van der Waals surface area contributed by atoms with Crippen molar-refractivity contribution in [2.24, 2.45) is 0 Å². The molecule has 2 rings (SSSR count). The average Bonchev–Trinajstić information content (AvgIpc) is 2.77. The van der Waals surface area contributed by atoms with Gasteiger partial charge < -0.3 is 5.11 Å². The highest BCUT2D eigenvalue weighted by atomic mass is 32.1. The number of hydrogen-bond acceptors (Lipinski definition) is 6. The molecular formula is C14H11N3O3S. The molecule has 0 aliphatic rings. The summed E-state index contributed by atoms with van der Waals surface area (Å²) in [4.78, 5) is 15.4. The molecule has 0 atom stereocenters. The van der Waals surface area contributed by atoms with Crippen molar-refractivity contribution in [1.29, 1.82) is 5.26 Å². The maximum atomic E-state index is 10.8. The second-order valence-electron chi connectivity index (χ2n) is 4.34. The first kappa shape index (κ1) is 14.7. The standard InChI is InChI=1S/C14H11N3O3S/c1-8-9(2)21-14(16-8)11(7-15)5-10-3-4-13(18)12(6-10)17(19)20/h3-6,18H,1-2H3. The highest BCUT2D eigenvalue weighted by Gasteiger charge is 2.14. The summed E-state index contributed by atoms with van der Waals surface area (Å²) in [5, 5.41) is 30.0. The Balaban J connectivity index is 2.48. The zero-order valence-electron chi connectivity index (χ0n) is 11.3. The lowest BCUT2D eigenvalue weighted by molar-refractivity contribution is -0.385. The SMILES string of the molecule is Cc1nc(C(C#N)=Cc2ccc(O)c([N+](=O)[O-])c2)sc1C. The van der Waals surface area contributed by atoms with Gasteiger partial charge in [-0.1, -0.05) is 6.07 Å². The van der Waals surface area contributed by atoms with E-state index in [-0.39, 0.29) is 0 Å². The molecule has 21 heavy (non-hydrogen) atoms. The molecule has 1 aromatic carbocycles. The fraction of sp³-hybridized carbons (Fsp3) is 0.143. The van der Waals surface area contributed by atoms with E-state index in [4.69, 9.17) is 0 Å². The van der Waals surface area contributed by atoms with Gasteiger partial charge in [0, 0.05) is 10.9 Å². The predicted molar refractivity (Wildman–Crippen MR) is 79.8 cm³/mol. The van der Waals surface area contributed by atoms with E-state index >= 15 is 0 Å². The van der Waals surface area contributed by atoms with Crippen molar-refractivity contribution >= 4 is 28.7 Å². The predicted octanol–water partition coefficient (Wildman–Crippen LogP) is 3.44. The van der Waals surface area contributed by atoms with Gasteiger partial charge in [-0.15, -0.1) is 11.3 Å². The molecule has 0 aliphatic heterocycles. The Morgan fingerprint density at radius 2 is 2.24 bits per heavy atom. The highest BCUT2D eigenvalue weighted by Crippen LogP contribution is 2.29. The first-order valence-electron chi connectivity index (χ1n) is 5.96. The van der Waals surface area contributed by atoms with E-state index in [1.165, 1.54) is 35.6 Å². The minimum Gasteiger partial charge on any atom is -0.502 e. The maximum Gasteiger partial charge on any atom is 0.311 e. The van der Waals surface area contributed by atoms with Gasteiger partial charge in [0.25, 0.3) is 0 Å². The Bertz CT molecular complexity index is 768. The third-order valence-corrected chi connectivity index (χ3v) is 3.99. The maximum absolute atomic E-state index is 10.8. The largest absolute Gasteiger partial charge is 0.502 e. The molecule has 2 aromatic rings. The fourth-order valence-electron chi connectivity index (χ4n) is 1.67. The lowest BCUT2D eigenvalue weighted by Gasteiger charge is -1.98. The van der Waals surface area contributed by atoms with Gasteiger partial charge in [-0.2, -0.15) is 5.26 Å². The summed E-state index contributed by atoms with van der Waals surface area (Å²) in [6.07, 6.45) is 1.52. The second kappa shape index (κ2) is 5.73. The molecule has 0 aliphatic carbocycles. The summed E-state index contributed by atoms with van der Waals surface area (Å²) in [6.45, 7) is 3.77. The van der Waals surface area contributed by atoms with Gasteiger partial charge in [0.2, 0.25) is 0 Å². The first-order valence-corrected chi connectivity index (χ1v) is 6.77. The molecule has 0 saturated carbocycles. The van der Waals surface area contributed by atoms with E-state index < -0.39 is 16.4 Å². The summed E-state index contributed by atoms with van der Waals surface area (Å²) in [6, 6.07) is 6.01. The number of rotatable bonds is 3. The molecule has 0 bridgehead atoms. The lowest BCUT2D eigenvalue weighted by Crippen LogP contribution is -1.89. The van der Waals surface area contributed by atoms with Crippen LogP contribution in [0.4, 0.5) is 5.69 Å². The normalized spacial score (nSPS) is 11.2. The first-order chi connectivity index (χ1) is 9.92. The number of thiazole rings is 1. The molecule has 0 unspecified atom stereocenters. The molecule has 0 spiro atoms. The molecular weight excluding hydrogens is 290 g/mol. The van der Waals surface area contributed by atoms with Crippen molar-refractivity contribution in [3.05, 3.63) is 49.5 Å². The van der Waals surface area contributed by atoms with Crippen molar-refractivity contribution in [1.82, 2.24) is 4.98 Å². The molecule has 7 heteroatoms. The van der Waals surface area contributed by atoms with Crippen LogP contribution in [0.15, 0.2) is 18.2 Å². The Morgan fingerprint density at radius 1 is 1.52 bits per heavy atom. The summed E-state index contributed by atoms with van der Waals surface area (Å²) in [5.74, 6) is -0.406. The van der Waals surface area contributed by atoms with Gasteiger partial charge in [0.15, 0.2) is 5.75 Å². The monoisotopic (exact) mass is 301 g/mol. The Kier molecular flexibility index (Phi) is 4.00. The number of aryl methyl sites for hydroxylation is 2. The smallest absolute Gasteiger partial charge is 0.311 e. The third-order valence-electron chi connectivity index (χ3n) is 2.89. The van der Waals surface area contributed by atoms with Gasteiger partial charge in [0.1, 0.15) is 11.1 Å². The van der Waals surface area contributed by atoms with E-state index in [0.29, 0.717) is 16.1 Å². The number of benzene rings is 1. The van der Waals surface area contributed by atoms with Gasteiger partial charge >= 0.3 is 5.69 Å².